The summed E-state index contributed by atoms with van der Waals surface area (Å²) in [5.74, 6) is 1.78. The zero-order chi connectivity index (χ0) is 24.5. The standard InChI is InChI=1S/C27H31FN6O/c1-5-6-18-13-23(29-15-18)30-24-14-25(34-10-9-20(16-34)33(3)4)32-27(31-24)35-22-8-7-19-11-17(2)12-21(19)26(22)28/h5-8,12-14,20H,9-11,15-16H2,1-4H3,(H,29,30,31,32)/b6-5+. The summed E-state index contributed by atoms with van der Waals surface area (Å²) in [5, 5.41) is 3.28. The Balaban J connectivity index is 1.45. The summed E-state index contributed by atoms with van der Waals surface area (Å²) < 4.78 is 21.2. The number of anilines is 2. The molecule has 1 aliphatic carbocycles. The van der Waals surface area contributed by atoms with Crippen LogP contribution in [0, 0.1) is 5.82 Å². The molecule has 2 aliphatic heterocycles. The van der Waals surface area contributed by atoms with Gasteiger partial charge in [0.25, 0.3) is 0 Å². The lowest BCUT2D eigenvalue weighted by Crippen LogP contribution is -2.31. The average molecular weight is 475 g/mol. The molecule has 0 saturated carbocycles. The second-order valence-electron chi connectivity index (χ2n) is 9.51. The summed E-state index contributed by atoms with van der Waals surface area (Å²) in [7, 11) is 4.19. The van der Waals surface area contributed by atoms with Crippen molar-refractivity contribution in [3.63, 3.8) is 0 Å². The molecule has 3 heterocycles. The van der Waals surface area contributed by atoms with Gasteiger partial charge in [-0.15, -0.1) is 0 Å². The van der Waals surface area contributed by atoms with E-state index >= 15 is 4.39 Å². The fourth-order valence-electron chi connectivity index (χ4n) is 4.72. The highest BCUT2D eigenvalue weighted by atomic mass is 19.1. The Morgan fingerprint density at radius 1 is 1.23 bits per heavy atom. The highest BCUT2D eigenvalue weighted by Crippen LogP contribution is 2.34. The molecular weight excluding hydrogens is 443 g/mol. The number of likely N-dealkylation sites (N-methyl/N-ethyl adjacent to an activating group) is 1. The Morgan fingerprint density at radius 2 is 2.09 bits per heavy atom. The number of fused-ring (bicyclic) bond motifs is 1. The van der Waals surface area contributed by atoms with Crippen molar-refractivity contribution in [1.82, 2.24) is 14.9 Å². The molecule has 35 heavy (non-hydrogen) atoms. The van der Waals surface area contributed by atoms with E-state index in [9.17, 15) is 0 Å². The monoisotopic (exact) mass is 474 g/mol. The van der Waals surface area contributed by atoms with Crippen LogP contribution in [0.4, 0.5) is 16.0 Å². The zero-order valence-corrected chi connectivity index (χ0v) is 20.7. The third-order valence-electron chi connectivity index (χ3n) is 6.60. The van der Waals surface area contributed by atoms with Crippen molar-refractivity contribution in [1.29, 1.82) is 0 Å². The van der Waals surface area contributed by atoms with Crippen LogP contribution in [0.1, 0.15) is 31.4 Å². The van der Waals surface area contributed by atoms with Crippen LogP contribution in [0.2, 0.25) is 0 Å². The number of allylic oxidation sites excluding steroid dienone is 2. The maximum Gasteiger partial charge on any atom is 0.326 e. The van der Waals surface area contributed by atoms with Crippen molar-refractivity contribution in [2.24, 2.45) is 4.99 Å². The summed E-state index contributed by atoms with van der Waals surface area (Å²) in [5.41, 5.74) is 3.81. The van der Waals surface area contributed by atoms with Crippen molar-refractivity contribution in [3.05, 3.63) is 64.5 Å². The smallest absolute Gasteiger partial charge is 0.326 e. The van der Waals surface area contributed by atoms with Crippen LogP contribution in [0.25, 0.3) is 6.08 Å². The molecule has 1 N–H and O–H groups in total. The van der Waals surface area contributed by atoms with Gasteiger partial charge < -0.3 is 19.9 Å². The number of nitrogens with zero attached hydrogens (tertiary/aromatic N) is 5. The van der Waals surface area contributed by atoms with E-state index in [4.69, 9.17) is 4.74 Å². The quantitative estimate of drug-likeness (QED) is 0.647. The van der Waals surface area contributed by atoms with Crippen molar-refractivity contribution in [3.8, 4) is 11.8 Å². The maximum absolute atomic E-state index is 15.2. The Labute approximate surface area is 205 Å². The normalized spacial score (nSPS) is 19.3. The SMILES string of the molecule is C/C=C/C1=CC(Nc2cc(N3CCC(N(C)C)C3)nc(Oc3ccc4c(c3F)C=C(C)C4)n2)=NC1. The van der Waals surface area contributed by atoms with E-state index in [1.807, 2.05) is 50.3 Å². The van der Waals surface area contributed by atoms with Crippen LogP contribution in [-0.2, 0) is 6.42 Å². The lowest BCUT2D eigenvalue weighted by Gasteiger charge is -2.22. The molecule has 1 unspecified atom stereocenters. The third kappa shape index (κ3) is 4.98. The number of hydrogen-bond acceptors (Lipinski definition) is 7. The maximum atomic E-state index is 15.2. The number of aliphatic imine (C=N–C) groups is 1. The summed E-state index contributed by atoms with van der Waals surface area (Å²) in [6.45, 7) is 6.34. The highest BCUT2D eigenvalue weighted by molar-refractivity contribution is 6.05. The topological polar surface area (TPSA) is 65.9 Å². The molecule has 2 aromatic rings. The minimum absolute atomic E-state index is 0.104. The van der Waals surface area contributed by atoms with Gasteiger partial charge in [-0.05, 0) is 64.1 Å². The Bertz CT molecular complexity index is 1260. The minimum Gasteiger partial charge on any atom is -0.421 e. The van der Waals surface area contributed by atoms with E-state index in [0.29, 0.717) is 24.0 Å². The first-order chi connectivity index (χ1) is 16.9. The third-order valence-corrected chi connectivity index (χ3v) is 6.60. The summed E-state index contributed by atoms with van der Waals surface area (Å²) >= 11 is 0. The molecule has 182 valence electrons. The second kappa shape index (κ2) is 9.62. The number of halogens is 1. The van der Waals surface area contributed by atoms with Crippen LogP contribution >= 0.6 is 0 Å². The predicted octanol–water partition coefficient (Wildman–Crippen LogP) is 4.83. The van der Waals surface area contributed by atoms with Crippen molar-refractivity contribution >= 4 is 23.5 Å². The van der Waals surface area contributed by atoms with Gasteiger partial charge in [-0.25, -0.2) is 4.39 Å². The van der Waals surface area contributed by atoms with E-state index in [2.05, 4.69) is 44.2 Å². The Kier molecular flexibility index (Phi) is 6.38. The van der Waals surface area contributed by atoms with Crippen LogP contribution in [0.5, 0.6) is 11.8 Å². The second-order valence-corrected chi connectivity index (χ2v) is 9.51. The van der Waals surface area contributed by atoms with Gasteiger partial charge in [-0.1, -0.05) is 29.9 Å². The summed E-state index contributed by atoms with van der Waals surface area (Å²) in [6, 6.07) is 6.02. The van der Waals surface area contributed by atoms with E-state index < -0.39 is 0 Å². The lowest BCUT2D eigenvalue weighted by molar-refractivity contribution is 0.315. The minimum atomic E-state index is -0.379. The Hall–Kier alpha value is -3.52. The van der Waals surface area contributed by atoms with Gasteiger partial charge in [-0.3, -0.25) is 4.99 Å². The first-order valence-electron chi connectivity index (χ1n) is 12.0. The van der Waals surface area contributed by atoms with Gasteiger partial charge >= 0.3 is 6.01 Å². The number of hydrogen-bond donors (Lipinski definition) is 1. The average Bonchev–Trinajstić information content (AvgIpc) is 3.56. The molecule has 1 atom stereocenters. The molecule has 7 nitrogen and oxygen atoms in total. The van der Waals surface area contributed by atoms with Crippen LogP contribution in [-0.4, -0.2) is 60.5 Å². The van der Waals surface area contributed by atoms with Gasteiger partial charge in [0, 0.05) is 30.8 Å². The molecule has 1 saturated heterocycles. The van der Waals surface area contributed by atoms with Crippen molar-refractivity contribution < 1.29 is 9.13 Å². The highest BCUT2D eigenvalue weighted by Gasteiger charge is 2.26. The number of rotatable bonds is 6. The molecule has 0 bridgehead atoms. The molecule has 0 spiro atoms. The molecule has 1 fully saturated rings. The van der Waals surface area contributed by atoms with Crippen molar-refractivity contribution in [2.75, 3.05) is 43.9 Å². The summed E-state index contributed by atoms with van der Waals surface area (Å²) in [6.07, 6.45) is 9.71. The lowest BCUT2D eigenvalue weighted by atomic mass is 10.1. The number of nitrogens with one attached hydrogen (secondary N) is 1. The molecule has 5 rings (SSSR count). The van der Waals surface area contributed by atoms with Gasteiger partial charge in [0.05, 0.1) is 6.54 Å². The molecule has 0 amide bonds. The largest absolute Gasteiger partial charge is 0.421 e. The number of ether oxygens (including phenoxy) is 1. The van der Waals surface area contributed by atoms with Crippen molar-refractivity contribution in [2.45, 2.75) is 32.7 Å². The van der Waals surface area contributed by atoms with Crippen LogP contribution < -0.4 is 15.0 Å². The van der Waals surface area contributed by atoms with E-state index in [1.165, 1.54) is 0 Å². The van der Waals surface area contributed by atoms with Gasteiger partial charge in [0.2, 0.25) is 0 Å². The van der Waals surface area contributed by atoms with E-state index in [0.717, 1.165) is 54.3 Å². The first kappa shape index (κ1) is 23.2. The van der Waals surface area contributed by atoms with Gasteiger partial charge in [0.1, 0.15) is 17.5 Å². The molecule has 1 aromatic carbocycles. The predicted molar refractivity (Wildman–Crippen MR) is 139 cm³/mol. The first-order valence-corrected chi connectivity index (χ1v) is 12.0. The van der Waals surface area contributed by atoms with Crippen LogP contribution in [0.3, 0.4) is 0 Å². The van der Waals surface area contributed by atoms with Crippen LogP contribution in [0.15, 0.2) is 52.6 Å². The molecular formula is C27H31FN6O. The number of amidine groups is 1. The van der Waals surface area contributed by atoms with E-state index in [1.54, 1.807) is 6.07 Å². The van der Waals surface area contributed by atoms with E-state index in [-0.39, 0.29) is 17.6 Å². The molecule has 8 heteroatoms. The Morgan fingerprint density at radius 3 is 2.86 bits per heavy atom. The molecule has 3 aliphatic rings. The number of aromatic nitrogens is 2. The molecule has 1 aromatic heterocycles. The summed E-state index contributed by atoms with van der Waals surface area (Å²) in [4.78, 5) is 18.2. The van der Waals surface area contributed by atoms with Gasteiger partial charge in [-0.2, -0.15) is 9.97 Å². The number of benzene rings is 1. The van der Waals surface area contributed by atoms with Gasteiger partial charge in [0.15, 0.2) is 11.6 Å². The zero-order valence-electron chi connectivity index (χ0n) is 20.7. The fourth-order valence-corrected chi connectivity index (χ4v) is 4.72. The fraction of sp³-hybridized carbons (Fsp3) is 0.370. The molecule has 0 radical (unpaired) electrons.